The number of nitrogens with zero attached hydrogens (tertiary/aromatic N) is 1. The first-order valence-corrected chi connectivity index (χ1v) is 8.21. The highest BCUT2D eigenvalue weighted by molar-refractivity contribution is 7.80. The molecule has 0 aliphatic rings. The van der Waals surface area contributed by atoms with E-state index in [1.807, 2.05) is 6.92 Å². The average molecular weight is 382 g/mol. The Kier molecular flexibility index (Phi) is 6.97. The van der Waals surface area contributed by atoms with Crippen LogP contribution in [0.15, 0.2) is 41.5 Å². The van der Waals surface area contributed by atoms with Gasteiger partial charge in [-0.3, -0.25) is 5.43 Å². The molecule has 2 rings (SSSR count). The van der Waals surface area contributed by atoms with Gasteiger partial charge < -0.3 is 15.2 Å². The van der Waals surface area contributed by atoms with Gasteiger partial charge in [-0.25, -0.2) is 4.39 Å². The van der Waals surface area contributed by atoms with Crippen molar-refractivity contribution in [3.8, 4) is 11.5 Å². The number of nitrogens with two attached hydrogens (primary N) is 1. The Morgan fingerprint density at radius 1 is 1.32 bits per heavy atom. The van der Waals surface area contributed by atoms with Gasteiger partial charge in [0, 0.05) is 5.56 Å². The molecule has 25 heavy (non-hydrogen) atoms. The van der Waals surface area contributed by atoms with Crippen LogP contribution in [0.1, 0.15) is 18.1 Å². The largest absolute Gasteiger partial charge is 0.490 e. The summed E-state index contributed by atoms with van der Waals surface area (Å²) in [5.74, 6) is 0.563. The lowest BCUT2D eigenvalue weighted by Gasteiger charge is -2.13. The molecular formula is C17H17ClFN3O2S. The van der Waals surface area contributed by atoms with Crippen LogP contribution >= 0.6 is 23.8 Å². The number of hydrazone groups is 1. The quantitative estimate of drug-likeness (QED) is 0.435. The van der Waals surface area contributed by atoms with Crippen LogP contribution in [0.2, 0.25) is 5.02 Å². The number of ether oxygens (including phenoxy) is 2. The summed E-state index contributed by atoms with van der Waals surface area (Å²) in [4.78, 5) is 0. The lowest BCUT2D eigenvalue weighted by molar-refractivity contribution is 0.266. The molecule has 5 nitrogen and oxygen atoms in total. The molecule has 2 aromatic carbocycles. The normalized spacial score (nSPS) is 10.7. The predicted octanol–water partition coefficient (Wildman–Crippen LogP) is 3.62. The number of nitrogens with one attached hydrogen (secondary N) is 1. The number of halogens is 2. The van der Waals surface area contributed by atoms with E-state index in [9.17, 15) is 4.39 Å². The van der Waals surface area contributed by atoms with E-state index in [0.29, 0.717) is 23.1 Å². The topological polar surface area (TPSA) is 68.9 Å². The van der Waals surface area contributed by atoms with Gasteiger partial charge in [0.2, 0.25) is 0 Å². The molecule has 0 bridgehead atoms. The lowest BCUT2D eigenvalue weighted by Crippen LogP contribution is -2.23. The van der Waals surface area contributed by atoms with Crippen molar-refractivity contribution in [2.75, 3.05) is 6.61 Å². The monoisotopic (exact) mass is 381 g/mol. The number of hydrogen-bond acceptors (Lipinski definition) is 4. The summed E-state index contributed by atoms with van der Waals surface area (Å²) in [5.41, 5.74) is 8.81. The zero-order valence-electron chi connectivity index (χ0n) is 13.5. The van der Waals surface area contributed by atoms with Crippen LogP contribution in [-0.4, -0.2) is 17.9 Å². The Morgan fingerprint density at radius 2 is 2.12 bits per heavy atom. The average Bonchev–Trinajstić information content (AvgIpc) is 2.56. The van der Waals surface area contributed by atoms with E-state index in [0.717, 1.165) is 5.56 Å². The zero-order valence-corrected chi connectivity index (χ0v) is 15.0. The summed E-state index contributed by atoms with van der Waals surface area (Å²) in [6, 6.07) is 9.71. The highest BCUT2D eigenvalue weighted by atomic mass is 35.5. The van der Waals surface area contributed by atoms with E-state index in [4.69, 9.17) is 26.8 Å². The molecule has 0 aromatic heterocycles. The fraction of sp³-hybridized carbons (Fsp3) is 0.176. The van der Waals surface area contributed by atoms with E-state index in [1.165, 1.54) is 6.07 Å². The van der Waals surface area contributed by atoms with Crippen LogP contribution in [0.3, 0.4) is 0 Å². The van der Waals surface area contributed by atoms with Crippen molar-refractivity contribution in [1.82, 2.24) is 5.43 Å². The summed E-state index contributed by atoms with van der Waals surface area (Å²) in [7, 11) is 0. The molecule has 0 amide bonds. The predicted molar refractivity (Wildman–Crippen MR) is 101 cm³/mol. The van der Waals surface area contributed by atoms with Gasteiger partial charge in [0.05, 0.1) is 17.8 Å². The third-order valence-electron chi connectivity index (χ3n) is 3.09. The number of benzene rings is 2. The maximum absolute atomic E-state index is 13.8. The van der Waals surface area contributed by atoms with Gasteiger partial charge in [-0.1, -0.05) is 17.7 Å². The first kappa shape index (κ1) is 19.0. The molecule has 0 unspecified atom stereocenters. The lowest BCUT2D eigenvalue weighted by atomic mass is 10.2. The third-order valence-corrected chi connectivity index (χ3v) is 3.54. The van der Waals surface area contributed by atoms with Crippen molar-refractivity contribution in [3.63, 3.8) is 0 Å². The van der Waals surface area contributed by atoms with Crippen LogP contribution in [0.5, 0.6) is 11.5 Å². The molecular weight excluding hydrogens is 365 g/mol. The molecule has 2 aromatic rings. The minimum Gasteiger partial charge on any atom is -0.490 e. The molecule has 8 heteroatoms. The van der Waals surface area contributed by atoms with Crippen LogP contribution < -0.4 is 20.6 Å². The molecule has 3 N–H and O–H groups in total. The summed E-state index contributed by atoms with van der Waals surface area (Å²) in [5, 5.41) is 4.27. The van der Waals surface area contributed by atoms with Crippen LogP contribution in [-0.2, 0) is 6.61 Å². The fourth-order valence-corrected chi connectivity index (χ4v) is 2.25. The minimum absolute atomic E-state index is 0.0119. The summed E-state index contributed by atoms with van der Waals surface area (Å²) >= 11 is 10.7. The van der Waals surface area contributed by atoms with Gasteiger partial charge in [0.15, 0.2) is 16.6 Å². The summed E-state index contributed by atoms with van der Waals surface area (Å²) in [6.07, 6.45) is 1.54. The second-order valence-electron chi connectivity index (χ2n) is 4.86. The molecule has 0 radical (unpaired) electrons. The zero-order chi connectivity index (χ0) is 18.2. The highest BCUT2D eigenvalue weighted by Gasteiger charge is 2.11. The molecule has 0 aliphatic heterocycles. The number of rotatable bonds is 7. The Morgan fingerprint density at radius 3 is 2.80 bits per heavy atom. The molecule has 0 heterocycles. The highest BCUT2D eigenvalue weighted by Crippen LogP contribution is 2.30. The molecule has 0 saturated heterocycles. The van der Waals surface area contributed by atoms with E-state index in [1.54, 1.807) is 36.5 Å². The molecule has 0 fully saturated rings. The van der Waals surface area contributed by atoms with E-state index in [-0.39, 0.29) is 17.3 Å². The van der Waals surface area contributed by atoms with Crippen molar-refractivity contribution >= 4 is 35.1 Å². The van der Waals surface area contributed by atoms with Gasteiger partial charge in [0.1, 0.15) is 12.4 Å². The smallest absolute Gasteiger partial charge is 0.184 e. The standard InChI is InChI=1S/C17H17ClFN3O2S/c1-2-23-16-8-11(9-21-22-17(20)25)6-7-15(16)24-10-12-13(18)4-3-5-14(12)19/h3-9H,2,10H2,1H3,(H3,20,22,25). The number of thiocarbonyl (C=S) groups is 1. The Hall–Kier alpha value is -2.38. The molecule has 0 aliphatic carbocycles. The maximum Gasteiger partial charge on any atom is 0.184 e. The van der Waals surface area contributed by atoms with Gasteiger partial charge in [-0.2, -0.15) is 5.10 Å². The van der Waals surface area contributed by atoms with Gasteiger partial charge in [0.25, 0.3) is 0 Å². The Bertz CT molecular complexity index is 766. The summed E-state index contributed by atoms with van der Waals surface area (Å²) in [6.45, 7) is 2.29. The molecule has 0 atom stereocenters. The summed E-state index contributed by atoms with van der Waals surface area (Å²) < 4.78 is 25.1. The van der Waals surface area contributed by atoms with E-state index in [2.05, 4.69) is 22.7 Å². The third kappa shape index (κ3) is 5.58. The van der Waals surface area contributed by atoms with E-state index >= 15 is 0 Å². The minimum atomic E-state index is -0.418. The van der Waals surface area contributed by atoms with Crippen molar-refractivity contribution in [2.45, 2.75) is 13.5 Å². The number of hydrogen-bond donors (Lipinski definition) is 2. The second kappa shape index (κ2) is 9.19. The van der Waals surface area contributed by atoms with Gasteiger partial charge >= 0.3 is 0 Å². The fourth-order valence-electron chi connectivity index (χ4n) is 1.98. The first-order valence-electron chi connectivity index (χ1n) is 7.42. The van der Waals surface area contributed by atoms with Crippen LogP contribution in [0.25, 0.3) is 0 Å². The van der Waals surface area contributed by atoms with Crippen molar-refractivity contribution in [3.05, 3.63) is 58.4 Å². The molecule has 0 saturated carbocycles. The SMILES string of the molecule is CCOc1cc(C=NNC(N)=S)ccc1OCc1c(F)cccc1Cl. The Balaban J connectivity index is 2.16. The molecule has 0 spiro atoms. The van der Waals surface area contributed by atoms with Crippen LogP contribution in [0, 0.1) is 5.82 Å². The van der Waals surface area contributed by atoms with Gasteiger partial charge in [-0.05, 0) is 55.0 Å². The van der Waals surface area contributed by atoms with Crippen molar-refractivity contribution in [2.24, 2.45) is 10.8 Å². The van der Waals surface area contributed by atoms with Gasteiger partial charge in [-0.15, -0.1) is 0 Å². The van der Waals surface area contributed by atoms with Crippen molar-refractivity contribution < 1.29 is 13.9 Å². The molecule has 132 valence electrons. The maximum atomic E-state index is 13.8. The first-order chi connectivity index (χ1) is 12.0. The second-order valence-corrected chi connectivity index (χ2v) is 5.71. The van der Waals surface area contributed by atoms with E-state index < -0.39 is 5.82 Å². The van der Waals surface area contributed by atoms with Crippen molar-refractivity contribution in [1.29, 1.82) is 0 Å². The van der Waals surface area contributed by atoms with Crippen LogP contribution in [0.4, 0.5) is 4.39 Å². The Labute approximate surface area is 155 Å².